The smallest absolute Gasteiger partial charge is 0.0562 e. The summed E-state index contributed by atoms with van der Waals surface area (Å²) >= 11 is 0. The van der Waals surface area contributed by atoms with Gasteiger partial charge in [0, 0.05) is 38.7 Å². The lowest BCUT2D eigenvalue weighted by Gasteiger charge is -2.29. The van der Waals surface area contributed by atoms with E-state index in [0.29, 0.717) is 0 Å². The number of benzene rings is 9. The molecule has 59 heavy (non-hydrogen) atoms. The lowest BCUT2D eigenvalue weighted by molar-refractivity contribution is 0.660. The van der Waals surface area contributed by atoms with E-state index in [0.717, 1.165) is 28.3 Å². The first kappa shape index (κ1) is 34.8. The Bertz CT molecular complexity index is 3170. The second kappa shape index (κ2) is 13.9. The molecule has 0 unspecified atom stereocenters. The van der Waals surface area contributed by atoms with Crippen molar-refractivity contribution in [3.05, 3.63) is 230 Å². The first-order valence-electron chi connectivity index (χ1n) is 20.5. The zero-order valence-electron chi connectivity index (χ0n) is 33.2. The third-order valence-electron chi connectivity index (χ3n) is 12.4. The Morgan fingerprint density at radius 1 is 0.356 bits per heavy atom. The maximum Gasteiger partial charge on any atom is 0.0562 e. The van der Waals surface area contributed by atoms with Crippen molar-refractivity contribution in [2.45, 2.75) is 19.3 Å². The number of aromatic nitrogens is 1. The van der Waals surface area contributed by atoms with Crippen LogP contribution in [0.3, 0.4) is 0 Å². The zero-order valence-corrected chi connectivity index (χ0v) is 33.2. The Morgan fingerprint density at radius 2 is 0.915 bits per heavy atom. The third-order valence-corrected chi connectivity index (χ3v) is 12.4. The fourth-order valence-corrected chi connectivity index (χ4v) is 9.55. The molecule has 0 bridgehead atoms. The van der Waals surface area contributed by atoms with Gasteiger partial charge in [-0.05, 0) is 93.0 Å². The number of para-hydroxylation sites is 2. The Hall–Kier alpha value is -7.42. The predicted octanol–water partition coefficient (Wildman–Crippen LogP) is 15.6. The molecule has 0 saturated heterocycles. The van der Waals surface area contributed by atoms with Gasteiger partial charge in [-0.2, -0.15) is 0 Å². The van der Waals surface area contributed by atoms with E-state index in [9.17, 15) is 0 Å². The molecule has 10 aromatic rings. The van der Waals surface area contributed by atoms with Crippen molar-refractivity contribution in [2.75, 3.05) is 4.90 Å². The molecule has 0 N–H and O–H groups in total. The van der Waals surface area contributed by atoms with E-state index in [-0.39, 0.29) is 5.41 Å². The van der Waals surface area contributed by atoms with Crippen molar-refractivity contribution in [1.29, 1.82) is 0 Å². The van der Waals surface area contributed by atoms with Gasteiger partial charge in [-0.3, -0.25) is 0 Å². The molecule has 11 rings (SSSR count). The normalized spacial score (nSPS) is 12.7. The maximum atomic E-state index is 2.48. The molecule has 0 saturated carbocycles. The molecule has 0 radical (unpaired) electrons. The van der Waals surface area contributed by atoms with Gasteiger partial charge in [0.1, 0.15) is 0 Å². The lowest BCUT2D eigenvalue weighted by atomic mass is 9.82. The highest BCUT2D eigenvalue weighted by atomic mass is 15.1. The van der Waals surface area contributed by atoms with Crippen molar-refractivity contribution >= 4 is 38.9 Å². The highest BCUT2D eigenvalue weighted by Gasteiger charge is 2.35. The predicted molar refractivity (Wildman–Crippen MR) is 249 cm³/mol. The largest absolute Gasteiger partial charge is 0.310 e. The maximum absolute atomic E-state index is 2.48. The van der Waals surface area contributed by atoms with Crippen LogP contribution in [0.25, 0.3) is 72.0 Å². The topological polar surface area (TPSA) is 8.17 Å². The van der Waals surface area contributed by atoms with Crippen molar-refractivity contribution in [3.8, 4) is 50.2 Å². The summed E-state index contributed by atoms with van der Waals surface area (Å²) in [4.78, 5) is 2.47. The second-order valence-electron chi connectivity index (χ2n) is 16.1. The van der Waals surface area contributed by atoms with Crippen LogP contribution in [0.1, 0.15) is 25.0 Å². The van der Waals surface area contributed by atoms with Crippen molar-refractivity contribution in [3.63, 3.8) is 0 Å². The van der Waals surface area contributed by atoms with Gasteiger partial charge < -0.3 is 9.47 Å². The summed E-state index contributed by atoms with van der Waals surface area (Å²) in [7, 11) is 0. The molecule has 1 aliphatic carbocycles. The number of nitrogens with zero attached hydrogens (tertiary/aromatic N) is 2. The van der Waals surface area contributed by atoms with Crippen molar-refractivity contribution in [2.24, 2.45) is 0 Å². The van der Waals surface area contributed by atoms with Gasteiger partial charge in [-0.15, -0.1) is 0 Å². The molecule has 1 heterocycles. The minimum Gasteiger partial charge on any atom is -0.310 e. The van der Waals surface area contributed by atoms with E-state index in [1.54, 1.807) is 0 Å². The molecule has 0 fully saturated rings. The fourth-order valence-electron chi connectivity index (χ4n) is 9.55. The first-order valence-corrected chi connectivity index (χ1v) is 20.5. The van der Waals surface area contributed by atoms with Crippen LogP contribution in [0, 0.1) is 0 Å². The number of hydrogen-bond acceptors (Lipinski definition) is 1. The van der Waals surface area contributed by atoms with Crippen LogP contribution < -0.4 is 4.90 Å². The quantitative estimate of drug-likeness (QED) is 0.157. The Balaban J connectivity index is 1.18. The summed E-state index contributed by atoms with van der Waals surface area (Å²) in [6, 6.07) is 79.9. The van der Waals surface area contributed by atoms with E-state index in [1.165, 1.54) is 71.9 Å². The van der Waals surface area contributed by atoms with Gasteiger partial charge in [-0.25, -0.2) is 0 Å². The molecule has 280 valence electrons. The summed E-state index contributed by atoms with van der Waals surface area (Å²) in [5, 5.41) is 2.45. The SMILES string of the molecule is CC1(C)c2ccccc2-c2cc(N(c3ccc4c5ccccc5n(-c5ccc(-c6ccccc6)cc5-c5ccccc5)c4c3)c3ccccc3-c3ccccc3)ccc21. The molecule has 0 amide bonds. The van der Waals surface area contributed by atoms with Crippen LogP contribution >= 0.6 is 0 Å². The molecule has 9 aromatic carbocycles. The van der Waals surface area contributed by atoms with E-state index >= 15 is 0 Å². The summed E-state index contributed by atoms with van der Waals surface area (Å²) < 4.78 is 2.48. The molecule has 0 atom stereocenters. The van der Waals surface area contributed by atoms with Gasteiger partial charge in [0.25, 0.3) is 0 Å². The molecule has 0 spiro atoms. The standard InChI is InChI=1S/C57H42N2/c1-57(2)51-27-15-12-25-46(51)50-37-43(32-34-52(50)57)58(53-28-16-13-24-45(53)40-20-8-4-9-21-40)44-31-33-48-47-26-14-17-29-54(47)59(56(48)38-44)55-35-30-42(39-18-6-3-7-19-39)36-49(55)41-22-10-5-11-23-41/h3-38H,1-2H3. The van der Waals surface area contributed by atoms with Crippen LogP contribution in [0.5, 0.6) is 0 Å². The van der Waals surface area contributed by atoms with Gasteiger partial charge in [-0.1, -0.05) is 184 Å². The average Bonchev–Trinajstić information content (AvgIpc) is 3.75. The van der Waals surface area contributed by atoms with Gasteiger partial charge >= 0.3 is 0 Å². The van der Waals surface area contributed by atoms with E-state index in [1.807, 2.05) is 0 Å². The van der Waals surface area contributed by atoms with Crippen LogP contribution in [-0.4, -0.2) is 4.57 Å². The molecule has 0 aliphatic heterocycles. The second-order valence-corrected chi connectivity index (χ2v) is 16.1. The van der Waals surface area contributed by atoms with Gasteiger partial charge in [0.15, 0.2) is 0 Å². The van der Waals surface area contributed by atoms with E-state index in [2.05, 4.69) is 242 Å². The Kier molecular flexibility index (Phi) is 8.20. The van der Waals surface area contributed by atoms with Crippen LogP contribution in [0.2, 0.25) is 0 Å². The molecule has 1 aromatic heterocycles. The summed E-state index contributed by atoms with van der Waals surface area (Å²) in [5.74, 6) is 0. The summed E-state index contributed by atoms with van der Waals surface area (Å²) in [6.45, 7) is 4.70. The zero-order chi connectivity index (χ0) is 39.5. The minimum absolute atomic E-state index is 0.0798. The monoisotopic (exact) mass is 754 g/mol. The molecule has 2 heteroatoms. The molecular weight excluding hydrogens is 713 g/mol. The Morgan fingerprint density at radius 3 is 1.68 bits per heavy atom. The van der Waals surface area contributed by atoms with Crippen LogP contribution in [0.4, 0.5) is 17.1 Å². The molecule has 1 aliphatic rings. The fraction of sp³-hybridized carbons (Fsp3) is 0.0526. The number of fused-ring (bicyclic) bond motifs is 6. The summed E-state index contributed by atoms with van der Waals surface area (Å²) in [5.41, 5.74) is 19.2. The van der Waals surface area contributed by atoms with Gasteiger partial charge in [0.05, 0.1) is 22.4 Å². The summed E-state index contributed by atoms with van der Waals surface area (Å²) in [6.07, 6.45) is 0. The van der Waals surface area contributed by atoms with Crippen molar-refractivity contribution < 1.29 is 0 Å². The third kappa shape index (κ3) is 5.71. The first-order chi connectivity index (χ1) is 29.0. The highest BCUT2D eigenvalue weighted by molar-refractivity contribution is 6.11. The average molecular weight is 755 g/mol. The van der Waals surface area contributed by atoms with Gasteiger partial charge in [0.2, 0.25) is 0 Å². The molecule has 2 nitrogen and oxygen atoms in total. The van der Waals surface area contributed by atoms with Crippen LogP contribution in [0.15, 0.2) is 218 Å². The highest BCUT2D eigenvalue weighted by Crippen LogP contribution is 2.51. The number of hydrogen-bond donors (Lipinski definition) is 0. The van der Waals surface area contributed by atoms with E-state index in [4.69, 9.17) is 0 Å². The molecular formula is C57H42N2. The number of rotatable bonds is 7. The van der Waals surface area contributed by atoms with Crippen LogP contribution in [-0.2, 0) is 5.41 Å². The minimum atomic E-state index is -0.0798. The van der Waals surface area contributed by atoms with Crippen molar-refractivity contribution in [1.82, 2.24) is 4.57 Å². The Labute approximate surface area is 345 Å². The van der Waals surface area contributed by atoms with E-state index < -0.39 is 0 Å². The number of anilines is 3. The lowest BCUT2D eigenvalue weighted by Crippen LogP contribution is -2.15.